The summed E-state index contributed by atoms with van der Waals surface area (Å²) in [5.41, 5.74) is 5.48. The van der Waals surface area contributed by atoms with Crippen molar-refractivity contribution in [2.75, 3.05) is 29.5 Å². The van der Waals surface area contributed by atoms with E-state index in [1.165, 1.54) is 11.5 Å². The second-order valence-electron chi connectivity index (χ2n) is 3.04. The highest BCUT2D eigenvalue weighted by Crippen LogP contribution is 2.21. The van der Waals surface area contributed by atoms with Gasteiger partial charge in [-0.25, -0.2) is 0 Å². The highest BCUT2D eigenvalue weighted by molar-refractivity contribution is 7.99. The van der Waals surface area contributed by atoms with Crippen LogP contribution in [0.15, 0.2) is 16.5 Å². The van der Waals surface area contributed by atoms with Crippen LogP contribution in [-0.2, 0) is 6.54 Å². The van der Waals surface area contributed by atoms with Crippen molar-refractivity contribution in [1.29, 1.82) is 0 Å². The van der Waals surface area contributed by atoms with Gasteiger partial charge in [-0.3, -0.25) is 0 Å². The molecule has 3 nitrogen and oxygen atoms in total. The minimum absolute atomic E-state index is 0.489. The Balaban J connectivity index is 2.05. The summed E-state index contributed by atoms with van der Waals surface area (Å²) in [7, 11) is 0. The molecule has 0 amide bonds. The van der Waals surface area contributed by atoms with Crippen LogP contribution in [0.3, 0.4) is 0 Å². The van der Waals surface area contributed by atoms with Gasteiger partial charge >= 0.3 is 0 Å². The van der Waals surface area contributed by atoms with Gasteiger partial charge < -0.3 is 15.1 Å². The Morgan fingerprint density at radius 2 is 2.15 bits per heavy atom. The van der Waals surface area contributed by atoms with E-state index in [4.69, 9.17) is 10.2 Å². The second kappa shape index (κ2) is 4.07. The molecule has 0 saturated carbocycles. The molecule has 1 fully saturated rings. The molecule has 13 heavy (non-hydrogen) atoms. The quantitative estimate of drug-likeness (QED) is 0.777. The lowest BCUT2D eigenvalue weighted by Crippen LogP contribution is -2.31. The van der Waals surface area contributed by atoms with Crippen molar-refractivity contribution in [3.05, 3.63) is 17.9 Å². The molecule has 0 bridgehead atoms. The van der Waals surface area contributed by atoms with Crippen LogP contribution in [0.4, 0.5) is 5.88 Å². The Kier molecular flexibility index (Phi) is 2.80. The van der Waals surface area contributed by atoms with Gasteiger partial charge in [0.2, 0.25) is 0 Å². The first-order valence-electron chi connectivity index (χ1n) is 4.51. The van der Waals surface area contributed by atoms with E-state index in [-0.39, 0.29) is 0 Å². The summed E-state index contributed by atoms with van der Waals surface area (Å²) in [6, 6.07) is 3.97. The summed E-state index contributed by atoms with van der Waals surface area (Å²) in [4.78, 5) is 2.27. The molecule has 0 aliphatic carbocycles. The molecular formula is C9H14N2OS. The van der Waals surface area contributed by atoms with E-state index in [2.05, 4.69) is 4.90 Å². The highest BCUT2D eigenvalue weighted by atomic mass is 32.2. The molecule has 2 heterocycles. The molecule has 0 radical (unpaired) electrons. The lowest BCUT2D eigenvalue weighted by molar-refractivity contribution is 0.502. The first-order chi connectivity index (χ1) is 6.40. The largest absolute Gasteiger partial charge is 0.444 e. The zero-order chi connectivity index (χ0) is 9.10. The average Bonchev–Trinajstić information content (AvgIpc) is 2.67. The van der Waals surface area contributed by atoms with Crippen LogP contribution in [0.2, 0.25) is 0 Å². The molecule has 1 aliphatic rings. The summed E-state index contributed by atoms with van der Waals surface area (Å²) in [5.74, 6) is 4.23. The molecule has 1 aromatic heterocycles. The summed E-state index contributed by atoms with van der Waals surface area (Å²) >= 11 is 2.00. The maximum Gasteiger partial charge on any atom is 0.195 e. The smallest absolute Gasteiger partial charge is 0.195 e. The van der Waals surface area contributed by atoms with Gasteiger partial charge in [0.25, 0.3) is 0 Å². The van der Waals surface area contributed by atoms with E-state index < -0.39 is 0 Å². The van der Waals surface area contributed by atoms with Crippen LogP contribution < -0.4 is 10.6 Å². The molecule has 1 aromatic rings. The van der Waals surface area contributed by atoms with E-state index in [0.717, 1.165) is 24.7 Å². The molecule has 0 unspecified atom stereocenters. The van der Waals surface area contributed by atoms with Gasteiger partial charge in [-0.2, -0.15) is 11.8 Å². The second-order valence-corrected chi connectivity index (χ2v) is 4.27. The summed E-state index contributed by atoms with van der Waals surface area (Å²) < 4.78 is 5.56. The lowest BCUT2D eigenvalue weighted by atomic mass is 10.4. The number of hydrogen-bond donors (Lipinski definition) is 1. The molecule has 4 heteroatoms. The Labute approximate surface area is 82.3 Å². The minimum atomic E-state index is 0.489. The van der Waals surface area contributed by atoms with Gasteiger partial charge in [0.15, 0.2) is 5.88 Å². The van der Waals surface area contributed by atoms with E-state index in [9.17, 15) is 0 Å². The van der Waals surface area contributed by atoms with Crippen LogP contribution in [0.25, 0.3) is 0 Å². The molecular weight excluding hydrogens is 184 g/mol. The van der Waals surface area contributed by atoms with Gasteiger partial charge in [0.1, 0.15) is 5.76 Å². The summed E-state index contributed by atoms with van der Waals surface area (Å²) in [5, 5.41) is 0. The number of nitrogens with zero attached hydrogens (tertiary/aromatic N) is 1. The molecule has 2 N–H and O–H groups in total. The summed E-state index contributed by atoms with van der Waals surface area (Å²) in [6.45, 7) is 2.66. The highest BCUT2D eigenvalue weighted by Gasteiger charge is 2.13. The summed E-state index contributed by atoms with van der Waals surface area (Å²) in [6.07, 6.45) is 0. The van der Waals surface area contributed by atoms with Crippen LogP contribution in [-0.4, -0.2) is 24.6 Å². The van der Waals surface area contributed by atoms with Crippen LogP contribution >= 0.6 is 11.8 Å². The van der Waals surface area contributed by atoms with Gasteiger partial charge in [-0.15, -0.1) is 0 Å². The maximum atomic E-state index is 5.56. The zero-order valence-corrected chi connectivity index (χ0v) is 8.35. The van der Waals surface area contributed by atoms with E-state index in [0.29, 0.717) is 6.54 Å². The fraction of sp³-hybridized carbons (Fsp3) is 0.556. The van der Waals surface area contributed by atoms with Crippen LogP contribution in [0.5, 0.6) is 0 Å². The number of anilines is 1. The molecule has 0 atom stereocenters. The third-order valence-corrected chi connectivity index (χ3v) is 3.11. The zero-order valence-electron chi connectivity index (χ0n) is 7.53. The molecule has 0 spiro atoms. The van der Waals surface area contributed by atoms with E-state index >= 15 is 0 Å². The van der Waals surface area contributed by atoms with E-state index in [1.54, 1.807) is 0 Å². The first-order valence-corrected chi connectivity index (χ1v) is 5.67. The Morgan fingerprint density at radius 1 is 1.38 bits per heavy atom. The monoisotopic (exact) mass is 198 g/mol. The van der Waals surface area contributed by atoms with Crippen molar-refractivity contribution in [3.8, 4) is 0 Å². The SMILES string of the molecule is NCc1ccc(N2CCSCC2)o1. The number of furan rings is 1. The Morgan fingerprint density at radius 3 is 2.77 bits per heavy atom. The normalized spacial score (nSPS) is 17.8. The van der Waals surface area contributed by atoms with Crippen LogP contribution in [0, 0.1) is 0 Å². The minimum Gasteiger partial charge on any atom is -0.444 e. The van der Waals surface area contributed by atoms with Crippen molar-refractivity contribution in [2.45, 2.75) is 6.54 Å². The molecule has 0 aromatic carbocycles. The number of nitrogens with two attached hydrogens (primary N) is 1. The predicted octanol–water partition coefficient (Wildman–Crippen LogP) is 1.29. The Bertz CT molecular complexity index is 268. The standard InChI is InChI=1S/C9H14N2OS/c10-7-8-1-2-9(12-8)11-3-5-13-6-4-11/h1-2H,3-7,10H2. The fourth-order valence-corrected chi connectivity index (χ4v) is 2.33. The fourth-order valence-electron chi connectivity index (χ4n) is 1.43. The van der Waals surface area contributed by atoms with Crippen molar-refractivity contribution >= 4 is 17.6 Å². The molecule has 1 saturated heterocycles. The van der Waals surface area contributed by atoms with Crippen molar-refractivity contribution in [1.82, 2.24) is 0 Å². The molecule has 1 aliphatic heterocycles. The Hall–Kier alpha value is -0.610. The third-order valence-electron chi connectivity index (χ3n) is 2.17. The molecule has 2 rings (SSSR count). The number of rotatable bonds is 2. The number of hydrogen-bond acceptors (Lipinski definition) is 4. The van der Waals surface area contributed by atoms with E-state index in [1.807, 2.05) is 23.9 Å². The maximum absolute atomic E-state index is 5.56. The van der Waals surface area contributed by atoms with Crippen LogP contribution in [0.1, 0.15) is 5.76 Å². The third kappa shape index (κ3) is 2.00. The van der Waals surface area contributed by atoms with Gasteiger partial charge in [0, 0.05) is 30.7 Å². The topological polar surface area (TPSA) is 42.4 Å². The van der Waals surface area contributed by atoms with Gasteiger partial charge in [-0.1, -0.05) is 0 Å². The lowest BCUT2D eigenvalue weighted by Gasteiger charge is -2.25. The van der Waals surface area contributed by atoms with Gasteiger partial charge in [0.05, 0.1) is 6.54 Å². The van der Waals surface area contributed by atoms with Crippen molar-refractivity contribution < 1.29 is 4.42 Å². The number of thioether (sulfide) groups is 1. The van der Waals surface area contributed by atoms with Crippen molar-refractivity contribution in [2.24, 2.45) is 5.73 Å². The average molecular weight is 198 g/mol. The van der Waals surface area contributed by atoms with Gasteiger partial charge in [-0.05, 0) is 6.07 Å². The van der Waals surface area contributed by atoms with Crippen molar-refractivity contribution in [3.63, 3.8) is 0 Å². The first kappa shape index (κ1) is 8.97. The predicted molar refractivity (Wildman–Crippen MR) is 56.1 cm³/mol. The molecule has 72 valence electrons.